The molecule has 6 heteroatoms. The molecule has 1 saturated heterocycles. The van der Waals surface area contributed by atoms with Crippen LogP contribution in [0.1, 0.15) is 23.8 Å². The highest BCUT2D eigenvalue weighted by molar-refractivity contribution is 5.85. The van der Waals surface area contributed by atoms with Crippen LogP contribution in [0.3, 0.4) is 0 Å². The molecule has 2 heterocycles. The van der Waals surface area contributed by atoms with Crippen LogP contribution in [0.15, 0.2) is 6.20 Å². The smallest absolute Gasteiger partial charge is 0.101 e. The molecule has 2 unspecified atom stereocenters. The average molecular weight is 254 g/mol. The van der Waals surface area contributed by atoms with E-state index in [1.807, 2.05) is 24.9 Å². The van der Waals surface area contributed by atoms with Gasteiger partial charge in [0.1, 0.15) is 6.10 Å². The van der Waals surface area contributed by atoms with Gasteiger partial charge in [0, 0.05) is 31.0 Å². The van der Waals surface area contributed by atoms with E-state index in [4.69, 9.17) is 10.5 Å². The van der Waals surface area contributed by atoms with Gasteiger partial charge in [-0.25, -0.2) is 0 Å². The minimum Gasteiger partial charge on any atom is -0.372 e. The second-order valence-corrected chi connectivity index (χ2v) is 3.55. The third-order valence-electron chi connectivity index (χ3n) is 2.72. The summed E-state index contributed by atoms with van der Waals surface area (Å²) in [6.45, 7) is 2.80. The lowest BCUT2D eigenvalue weighted by atomic mass is 10.0. The molecule has 0 saturated carbocycles. The lowest BCUT2D eigenvalue weighted by Gasteiger charge is -2.13. The molecule has 4 nitrogen and oxygen atoms in total. The summed E-state index contributed by atoms with van der Waals surface area (Å²) in [5.74, 6) is 0. The van der Waals surface area contributed by atoms with Crippen LogP contribution in [0.4, 0.5) is 0 Å². The molecule has 15 heavy (non-hydrogen) atoms. The van der Waals surface area contributed by atoms with Gasteiger partial charge >= 0.3 is 0 Å². The van der Waals surface area contributed by atoms with Crippen LogP contribution in [-0.2, 0) is 11.8 Å². The largest absolute Gasteiger partial charge is 0.372 e. The van der Waals surface area contributed by atoms with Crippen LogP contribution < -0.4 is 5.73 Å². The molecule has 0 aliphatic carbocycles. The van der Waals surface area contributed by atoms with Gasteiger partial charge in [-0.1, -0.05) is 0 Å². The molecule has 2 atom stereocenters. The van der Waals surface area contributed by atoms with Crippen LogP contribution in [0.25, 0.3) is 0 Å². The number of halogens is 2. The quantitative estimate of drug-likeness (QED) is 0.823. The Labute approximate surface area is 102 Å². The van der Waals surface area contributed by atoms with Crippen molar-refractivity contribution in [3.63, 3.8) is 0 Å². The molecule has 2 rings (SSSR count). The first-order valence-corrected chi connectivity index (χ1v) is 4.56. The summed E-state index contributed by atoms with van der Waals surface area (Å²) in [5.41, 5.74) is 8.20. The summed E-state index contributed by atoms with van der Waals surface area (Å²) in [4.78, 5) is 0. The summed E-state index contributed by atoms with van der Waals surface area (Å²) < 4.78 is 7.42. The molecule has 1 aliphatic rings. The van der Waals surface area contributed by atoms with Crippen LogP contribution >= 0.6 is 24.8 Å². The predicted molar refractivity (Wildman–Crippen MR) is 63.7 cm³/mol. The lowest BCUT2D eigenvalue weighted by Crippen LogP contribution is -2.23. The van der Waals surface area contributed by atoms with Crippen molar-refractivity contribution in [1.82, 2.24) is 9.78 Å². The van der Waals surface area contributed by atoms with E-state index in [-0.39, 0.29) is 37.0 Å². The van der Waals surface area contributed by atoms with E-state index in [0.29, 0.717) is 0 Å². The van der Waals surface area contributed by atoms with E-state index in [0.717, 1.165) is 24.3 Å². The fraction of sp³-hybridized carbons (Fsp3) is 0.667. The molecule has 1 fully saturated rings. The van der Waals surface area contributed by atoms with E-state index in [1.165, 1.54) is 0 Å². The Morgan fingerprint density at radius 3 is 2.60 bits per heavy atom. The van der Waals surface area contributed by atoms with Gasteiger partial charge in [-0.2, -0.15) is 5.10 Å². The van der Waals surface area contributed by atoms with Crippen molar-refractivity contribution >= 4 is 24.8 Å². The highest BCUT2D eigenvalue weighted by Crippen LogP contribution is 2.29. The molecule has 0 aromatic carbocycles. The Hall–Kier alpha value is -0.290. The van der Waals surface area contributed by atoms with Gasteiger partial charge in [0.25, 0.3) is 0 Å². The highest BCUT2D eigenvalue weighted by Gasteiger charge is 2.28. The van der Waals surface area contributed by atoms with Crippen molar-refractivity contribution in [2.45, 2.75) is 25.5 Å². The molecule has 0 amide bonds. The summed E-state index contributed by atoms with van der Waals surface area (Å²) in [6.07, 6.45) is 2.85. The monoisotopic (exact) mass is 253 g/mol. The maximum absolute atomic E-state index is 5.93. The summed E-state index contributed by atoms with van der Waals surface area (Å²) >= 11 is 0. The van der Waals surface area contributed by atoms with Crippen molar-refractivity contribution in [3.8, 4) is 0 Å². The second-order valence-electron chi connectivity index (χ2n) is 3.55. The maximum atomic E-state index is 5.93. The predicted octanol–water partition coefficient (Wildman–Crippen LogP) is 1.36. The number of hydrogen-bond donors (Lipinski definition) is 1. The molecular formula is C9H17Cl2N3O. The first kappa shape index (κ1) is 14.7. The van der Waals surface area contributed by atoms with Crippen molar-refractivity contribution < 1.29 is 4.74 Å². The molecular weight excluding hydrogens is 237 g/mol. The lowest BCUT2D eigenvalue weighted by molar-refractivity contribution is 0.104. The highest BCUT2D eigenvalue weighted by atomic mass is 35.5. The zero-order valence-electron chi connectivity index (χ0n) is 8.84. The van der Waals surface area contributed by atoms with Crippen LogP contribution in [0, 0.1) is 6.92 Å². The molecule has 1 aromatic heterocycles. The Morgan fingerprint density at radius 1 is 1.53 bits per heavy atom. The topological polar surface area (TPSA) is 53.1 Å². The van der Waals surface area contributed by atoms with E-state index < -0.39 is 0 Å². The zero-order valence-corrected chi connectivity index (χ0v) is 10.5. The first-order valence-electron chi connectivity index (χ1n) is 4.56. The van der Waals surface area contributed by atoms with Crippen molar-refractivity contribution in [2.24, 2.45) is 12.8 Å². The third-order valence-corrected chi connectivity index (χ3v) is 2.72. The maximum Gasteiger partial charge on any atom is 0.101 e. The van der Waals surface area contributed by atoms with Crippen molar-refractivity contribution in [3.05, 3.63) is 17.5 Å². The van der Waals surface area contributed by atoms with Gasteiger partial charge in [0.15, 0.2) is 0 Å². The summed E-state index contributed by atoms with van der Waals surface area (Å²) in [7, 11) is 1.93. The molecule has 0 radical (unpaired) electrons. The van der Waals surface area contributed by atoms with E-state index >= 15 is 0 Å². The normalized spacial score (nSPS) is 24.5. The fourth-order valence-electron chi connectivity index (χ4n) is 1.72. The molecule has 1 aromatic rings. The van der Waals surface area contributed by atoms with Gasteiger partial charge in [0.2, 0.25) is 0 Å². The van der Waals surface area contributed by atoms with Gasteiger partial charge in [0.05, 0.1) is 6.20 Å². The minimum absolute atomic E-state index is 0. The zero-order chi connectivity index (χ0) is 9.42. The average Bonchev–Trinajstić information content (AvgIpc) is 2.62. The van der Waals surface area contributed by atoms with Crippen LogP contribution in [0.5, 0.6) is 0 Å². The van der Waals surface area contributed by atoms with Gasteiger partial charge < -0.3 is 10.5 Å². The number of nitrogens with zero attached hydrogens (tertiary/aromatic N) is 2. The Kier molecular flexibility index (Phi) is 5.59. The number of nitrogens with two attached hydrogens (primary N) is 1. The van der Waals surface area contributed by atoms with Crippen LogP contribution in [0.2, 0.25) is 0 Å². The van der Waals surface area contributed by atoms with E-state index in [1.54, 1.807) is 0 Å². The Morgan fingerprint density at radius 2 is 2.20 bits per heavy atom. The van der Waals surface area contributed by atoms with Gasteiger partial charge in [-0.05, 0) is 13.3 Å². The molecule has 0 spiro atoms. The van der Waals surface area contributed by atoms with Gasteiger partial charge in [-0.3, -0.25) is 4.68 Å². The first-order chi connectivity index (χ1) is 6.20. The van der Waals surface area contributed by atoms with Crippen molar-refractivity contribution in [1.29, 1.82) is 0 Å². The van der Waals surface area contributed by atoms with E-state index in [2.05, 4.69) is 5.10 Å². The fourth-order valence-corrected chi connectivity index (χ4v) is 1.72. The number of hydrogen-bond acceptors (Lipinski definition) is 3. The Bertz CT molecular complexity index is 316. The van der Waals surface area contributed by atoms with E-state index in [9.17, 15) is 0 Å². The SMILES string of the molecule is Cc1c(C2OCCC2N)cnn1C.Cl.Cl. The second kappa shape index (κ2) is 5.70. The molecule has 2 N–H and O–H groups in total. The standard InChI is InChI=1S/C9H15N3O.2ClH/c1-6-7(5-11-12(6)2)9-8(10)3-4-13-9;;/h5,8-9H,3-4,10H2,1-2H3;2*1H. The summed E-state index contributed by atoms with van der Waals surface area (Å²) in [6, 6.07) is 0.128. The number of ether oxygens (including phenoxy) is 1. The Balaban J connectivity index is 0.000000980. The molecule has 88 valence electrons. The van der Waals surface area contributed by atoms with Crippen molar-refractivity contribution in [2.75, 3.05) is 6.61 Å². The van der Waals surface area contributed by atoms with Crippen LogP contribution in [-0.4, -0.2) is 22.4 Å². The number of aryl methyl sites for hydroxylation is 1. The molecule has 0 bridgehead atoms. The molecule has 1 aliphatic heterocycles. The summed E-state index contributed by atoms with van der Waals surface area (Å²) in [5, 5.41) is 4.18. The minimum atomic E-state index is 0. The number of aromatic nitrogens is 2. The van der Waals surface area contributed by atoms with Gasteiger partial charge in [-0.15, -0.1) is 24.8 Å². The third kappa shape index (κ3) is 2.64. The number of rotatable bonds is 1.